The van der Waals surface area contributed by atoms with Crippen LogP contribution in [0.25, 0.3) is 11.1 Å². The van der Waals surface area contributed by atoms with Crippen LogP contribution in [0.4, 0.5) is 18.9 Å². The first-order valence-corrected chi connectivity index (χ1v) is 14.1. The van der Waals surface area contributed by atoms with Crippen LogP contribution in [-0.4, -0.2) is 30.3 Å². The fourth-order valence-electron chi connectivity index (χ4n) is 5.33. The van der Waals surface area contributed by atoms with Gasteiger partial charge in [-0.05, 0) is 77.9 Å². The summed E-state index contributed by atoms with van der Waals surface area (Å²) >= 11 is 0. The number of carbonyl (C=O) groups excluding carboxylic acids is 3. The average Bonchev–Trinajstić information content (AvgIpc) is 3.74. The van der Waals surface area contributed by atoms with E-state index in [1.807, 2.05) is 18.2 Å². The molecule has 0 saturated heterocycles. The molecule has 1 aliphatic carbocycles. The lowest BCUT2D eigenvalue weighted by atomic mass is 9.97. The van der Waals surface area contributed by atoms with E-state index in [-0.39, 0.29) is 17.9 Å². The summed E-state index contributed by atoms with van der Waals surface area (Å²) in [6.07, 6.45) is -2.07. The molecule has 3 amide bonds. The minimum absolute atomic E-state index is 0.142. The molecule has 6 rings (SSSR count). The Bertz CT molecular complexity index is 1680. The van der Waals surface area contributed by atoms with Gasteiger partial charge in [0.25, 0.3) is 11.8 Å². The SMILES string of the molecule is O=C(NC(C(=O)NC1CC1)c1ccccc1)c1ccc2c(c1)CCN2C(=O)c1ccccc1-c1ccc(C(F)(F)F)cc1. The summed E-state index contributed by atoms with van der Waals surface area (Å²) in [6.45, 7) is 0.386. The van der Waals surface area contributed by atoms with E-state index in [0.29, 0.717) is 46.5 Å². The zero-order chi connectivity index (χ0) is 30.1. The van der Waals surface area contributed by atoms with Gasteiger partial charge in [-0.1, -0.05) is 60.7 Å². The van der Waals surface area contributed by atoms with E-state index in [4.69, 9.17) is 0 Å². The van der Waals surface area contributed by atoms with Crippen LogP contribution < -0.4 is 15.5 Å². The number of nitrogens with zero attached hydrogens (tertiary/aromatic N) is 1. The van der Waals surface area contributed by atoms with Crippen LogP contribution >= 0.6 is 0 Å². The molecule has 0 radical (unpaired) electrons. The number of anilines is 1. The van der Waals surface area contributed by atoms with Gasteiger partial charge in [-0.25, -0.2) is 0 Å². The Balaban J connectivity index is 1.22. The van der Waals surface area contributed by atoms with E-state index in [1.54, 1.807) is 59.5 Å². The lowest BCUT2D eigenvalue weighted by Gasteiger charge is -2.21. The van der Waals surface area contributed by atoms with Gasteiger partial charge in [0.05, 0.1) is 5.56 Å². The molecule has 1 heterocycles. The van der Waals surface area contributed by atoms with Crippen molar-refractivity contribution in [1.29, 1.82) is 0 Å². The Hall–Kier alpha value is -4.92. The van der Waals surface area contributed by atoms with Crippen LogP contribution in [0.5, 0.6) is 0 Å². The number of fused-ring (bicyclic) bond motifs is 1. The third kappa shape index (κ3) is 6.02. The number of alkyl halides is 3. The fraction of sp³-hybridized carbons (Fsp3) is 0.206. The molecule has 0 spiro atoms. The number of rotatable bonds is 7. The van der Waals surface area contributed by atoms with Crippen LogP contribution in [0.3, 0.4) is 0 Å². The molecule has 4 aromatic rings. The molecule has 0 bridgehead atoms. The average molecular weight is 584 g/mol. The first kappa shape index (κ1) is 28.2. The van der Waals surface area contributed by atoms with Crippen LogP contribution in [0.15, 0.2) is 97.1 Å². The van der Waals surface area contributed by atoms with Gasteiger partial charge in [-0.15, -0.1) is 0 Å². The topological polar surface area (TPSA) is 78.5 Å². The molecule has 2 aliphatic rings. The molecule has 1 aliphatic heterocycles. The molecular weight excluding hydrogens is 555 g/mol. The number of benzene rings is 4. The molecule has 1 saturated carbocycles. The zero-order valence-corrected chi connectivity index (χ0v) is 23.0. The van der Waals surface area contributed by atoms with Crippen molar-refractivity contribution in [3.63, 3.8) is 0 Å². The van der Waals surface area contributed by atoms with Gasteiger partial charge >= 0.3 is 6.18 Å². The summed E-state index contributed by atoms with van der Waals surface area (Å²) in [6, 6.07) is 25.0. The highest BCUT2D eigenvalue weighted by atomic mass is 19.4. The number of halogens is 3. The summed E-state index contributed by atoms with van der Waals surface area (Å²) in [5, 5.41) is 5.83. The van der Waals surface area contributed by atoms with Crippen molar-refractivity contribution in [2.45, 2.75) is 37.5 Å². The normalized spacial score (nSPS) is 15.0. The van der Waals surface area contributed by atoms with E-state index in [1.165, 1.54) is 12.1 Å². The Morgan fingerprint density at radius 3 is 2.23 bits per heavy atom. The third-order valence-corrected chi connectivity index (χ3v) is 7.76. The van der Waals surface area contributed by atoms with Crippen molar-refractivity contribution in [2.75, 3.05) is 11.4 Å². The Morgan fingerprint density at radius 1 is 0.837 bits per heavy atom. The second kappa shape index (κ2) is 11.4. The summed E-state index contributed by atoms with van der Waals surface area (Å²) in [5.74, 6) is -0.945. The Morgan fingerprint density at radius 2 is 1.53 bits per heavy atom. The van der Waals surface area contributed by atoms with Crippen molar-refractivity contribution in [3.05, 3.63) is 125 Å². The van der Waals surface area contributed by atoms with Crippen LogP contribution in [0.2, 0.25) is 0 Å². The summed E-state index contributed by atoms with van der Waals surface area (Å²) < 4.78 is 39.2. The van der Waals surface area contributed by atoms with Gasteiger partial charge in [-0.2, -0.15) is 13.2 Å². The molecule has 1 fully saturated rings. The van der Waals surface area contributed by atoms with E-state index in [9.17, 15) is 27.6 Å². The van der Waals surface area contributed by atoms with Gasteiger partial charge in [0.15, 0.2) is 0 Å². The maximum Gasteiger partial charge on any atom is 0.416 e. The number of hydrogen-bond donors (Lipinski definition) is 2. The quantitative estimate of drug-likeness (QED) is 0.267. The smallest absolute Gasteiger partial charge is 0.351 e. The van der Waals surface area contributed by atoms with Crippen LogP contribution in [0, 0.1) is 0 Å². The number of carbonyl (C=O) groups is 3. The number of nitrogens with one attached hydrogen (secondary N) is 2. The summed E-state index contributed by atoms with van der Waals surface area (Å²) in [4.78, 5) is 41.7. The van der Waals surface area contributed by atoms with E-state index >= 15 is 0 Å². The lowest BCUT2D eigenvalue weighted by Crippen LogP contribution is -2.41. The summed E-state index contributed by atoms with van der Waals surface area (Å²) in [5.41, 5.74) is 3.17. The maximum atomic E-state index is 13.7. The first-order chi connectivity index (χ1) is 20.7. The monoisotopic (exact) mass is 583 g/mol. The molecule has 4 aromatic carbocycles. The predicted octanol–water partition coefficient (Wildman–Crippen LogP) is 6.33. The van der Waals surface area contributed by atoms with E-state index in [2.05, 4.69) is 10.6 Å². The largest absolute Gasteiger partial charge is 0.416 e. The fourth-order valence-corrected chi connectivity index (χ4v) is 5.33. The van der Waals surface area contributed by atoms with Gasteiger partial charge in [0.2, 0.25) is 5.91 Å². The molecule has 1 atom stereocenters. The van der Waals surface area contributed by atoms with Gasteiger partial charge < -0.3 is 15.5 Å². The number of hydrogen-bond acceptors (Lipinski definition) is 3. The minimum atomic E-state index is -4.45. The van der Waals surface area contributed by atoms with Crippen molar-refractivity contribution >= 4 is 23.4 Å². The molecule has 43 heavy (non-hydrogen) atoms. The Kier molecular flexibility index (Phi) is 7.48. The standard InChI is InChI=1S/C34H28F3N3O3/c35-34(36,37)25-13-10-21(11-14-25)27-8-4-5-9-28(27)33(43)40-19-18-23-20-24(12-17-29(23)40)31(41)39-30(22-6-2-1-3-7-22)32(42)38-26-15-16-26/h1-14,17,20,26,30H,15-16,18-19H2,(H,38,42)(H,39,41). The molecule has 1 unspecified atom stereocenters. The van der Waals surface area contributed by atoms with E-state index < -0.39 is 23.7 Å². The summed E-state index contributed by atoms with van der Waals surface area (Å²) in [7, 11) is 0. The molecule has 6 nitrogen and oxygen atoms in total. The molecular formula is C34H28F3N3O3. The molecule has 2 N–H and O–H groups in total. The predicted molar refractivity (Wildman–Crippen MR) is 157 cm³/mol. The second-order valence-electron chi connectivity index (χ2n) is 10.8. The Labute approximate surface area is 246 Å². The van der Waals surface area contributed by atoms with Crippen LogP contribution in [0.1, 0.15) is 56.3 Å². The van der Waals surface area contributed by atoms with Gasteiger partial charge in [0, 0.05) is 29.4 Å². The molecule has 218 valence electrons. The number of amides is 3. The second-order valence-corrected chi connectivity index (χ2v) is 10.8. The van der Waals surface area contributed by atoms with Crippen LogP contribution in [-0.2, 0) is 17.4 Å². The van der Waals surface area contributed by atoms with Crippen molar-refractivity contribution in [1.82, 2.24) is 10.6 Å². The van der Waals surface area contributed by atoms with Crippen molar-refractivity contribution < 1.29 is 27.6 Å². The molecule has 0 aromatic heterocycles. The van der Waals surface area contributed by atoms with Gasteiger partial charge in [0.1, 0.15) is 6.04 Å². The zero-order valence-electron chi connectivity index (χ0n) is 23.0. The third-order valence-electron chi connectivity index (χ3n) is 7.76. The van der Waals surface area contributed by atoms with Crippen molar-refractivity contribution in [2.24, 2.45) is 0 Å². The van der Waals surface area contributed by atoms with Gasteiger partial charge in [-0.3, -0.25) is 14.4 Å². The first-order valence-electron chi connectivity index (χ1n) is 14.1. The highest BCUT2D eigenvalue weighted by molar-refractivity contribution is 6.11. The lowest BCUT2D eigenvalue weighted by molar-refractivity contribution is -0.137. The minimum Gasteiger partial charge on any atom is -0.351 e. The maximum absolute atomic E-state index is 13.7. The van der Waals surface area contributed by atoms with Crippen molar-refractivity contribution in [3.8, 4) is 11.1 Å². The highest BCUT2D eigenvalue weighted by Gasteiger charge is 2.32. The van der Waals surface area contributed by atoms with E-state index in [0.717, 1.165) is 30.5 Å². The highest BCUT2D eigenvalue weighted by Crippen LogP contribution is 2.35. The molecule has 9 heteroatoms.